The molecule has 1 N–H and O–H groups in total. The van der Waals surface area contributed by atoms with Crippen molar-refractivity contribution in [2.24, 2.45) is 0 Å². The molecule has 3 aromatic rings. The topological polar surface area (TPSA) is 60.5 Å². The predicted octanol–water partition coefficient (Wildman–Crippen LogP) is 4.66. The van der Waals surface area contributed by atoms with E-state index in [0.717, 1.165) is 11.8 Å². The first-order chi connectivity index (χ1) is 12.6. The molecule has 0 aliphatic rings. The summed E-state index contributed by atoms with van der Waals surface area (Å²) in [6.07, 6.45) is 1.19. The van der Waals surface area contributed by atoms with Crippen LogP contribution in [0.3, 0.4) is 0 Å². The number of hydrogen-bond donors (Lipinski definition) is 1. The first kappa shape index (κ1) is 17.4. The minimum absolute atomic E-state index is 0.279. The summed E-state index contributed by atoms with van der Waals surface area (Å²) in [4.78, 5) is 15.5. The molecule has 0 bridgehead atoms. The standard InChI is InChI=1S/C20H17FN2O3/c1-2-25-16-8-10-18(11-9-16)26-17-6-4-15(5-7-17)23-20(24)14-3-12-19(21)22-13-14/h3-13H,2H2,1H3,(H,23,24). The second-order valence-electron chi connectivity index (χ2n) is 5.35. The minimum atomic E-state index is -0.627. The maximum Gasteiger partial charge on any atom is 0.257 e. The lowest BCUT2D eigenvalue weighted by Gasteiger charge is -2.09. The molecule has 6 heteroatoms. The molecule has 0 saturated heterocycles. The number of carbonyl (C=O) groups excluding carboxylic acids is 1. The summed E-state index contributed by atoms with van der Waals surface area (Å²) in [7, 11) is 0. The number of nitrogens with zero attached hydrogens (tertiary/aromatic N) is 1. The van der Waals surface area contributed by atoms with E-state index in [2.05, 4.69) is 10.3 Å². The number of rotatable bonds is 6. The number of benzene rings is 2. The van der Waals surface area contributed by atoms with Gasteiger partial charge in [0.2, 0.25) is 5.95 Å². The van der Waals surface area contributed by atoms with Gasteiger partial charge >= 0.3 is 0 Å². The van der Waals surface area contributed by atoms with E-state index < -0.39 is 5.95 Å². The zero-order chi connectivity index (χ0) is 18.4. The number of amides is 1. The third kappa shape index (κ3) is 4.57. The lowest BCUT2D eigenvalue weighted by Crippen LogP contribution is -2.12. The van der Waals surface area contributed by atoms with Crippen molar-refractivity contribution in [3.8, 4) is 17.2 Å². The highest BCUT2D eigenvalue weighted by Crippen LogP contribution is 2.25. The number of aromatic nitrogens is 1. The summed E-state index contributed by atoms with van der Waals surface area (Å²) in [6, 6.07) is 16.8. The summed E-state index contributed by atoms with van der Waals surface area (Å²) in [5.41, 5.74) is 0.875. The average Bonchev–Trinajstić information content (AvgIpc) is 2.66. The molecule has 0 aliphatic heterocycles. The van der Waals surface area contributed by atoms with Gasteiger partial charge in [0.25, 0.3) is 5.91 Å². The SMILES string of the molecule is CCOc1ccc(Oc2ccc(NC(=O)c3ccc(F)nc3)cc2)cc1. The Balaban J connectivity index is 1.61. The van der Waals surface area contributed by atoms with Crippen molar-refractivity contribution < 1.29 is 18.7 Å². The van der Waals surface area contributed by atoms with E-state index in [4.69, 9.17) is 9.47 Å². The second kappa shape index (κ2) is 8.11. The Morgan fingerprint density at radius 3 is 2.15 bits per heavy atom. The highest BCUT2D eigenvalue weighted by atomic mass is 19.1. The van der Waals surface area contributed by atoms with Gasteiger partial charge in [0.1, 0.15) is 17.2 Å². The van der Waals surface area contributed by atoms with Crippen molar-refractivity contribution in [1.29, 1.82) is 0 Å². The van der Waals surface area contributed by atoms with Crippen LogP contribution in [0.25, 0.3) is 0 Å². The third-order valence-corrected chi connectivity index (χ3v) is 3.47. The Morgan fingerprint density at radius 1 is 0.962 bits per heavy atom. The molecular formula is C20H17FN2O3. The number of pyridine rings is 1. The molecule has 3 rings (SSSR count). The zero-order valence-electron chi connectivity index (χ0n) is 14.1. The summed E-state index contributed by atoms with van der Waals surface area (Å²) < 4.78 is 23.9. The normalized spacial score (nSPS) is 10.2. The van der Waals surface area contributed by atoms with Crippen LogP contribution in [0.2, 0.25) is 0 Å². The van der Waals surface area contributed by atoms with Crippen molar-refractivity contribution in [1.82, 2.24) is 4.98 Å². The Labute approximate surface area is 150 Å². The van der Waals surface area contributed by atoms with Gasteiger partial charge in [-0.25, -0.2) is 4.98 Å². The summed E-state index contributed by atoms with van der Waals surface area (Å²) in [5.74, 6) is 1.11. The van der Waals surface area contributed by atoms with Crippen molar-refractivity contribution in [2.45, 2.75) is 6.92 Å². The van der Waals surface area contributed by atoms with Crippen LogP contribution < -0.4 is 14.8 Å². The van der Waals surface area contributed by atoms with Crippen molar-refractivity contribution in [3.05, 3.63) is 78.4 Å². The maximum atomic E-state index is 12.8. The van der Waals surface area contributed by atoms with E-state index in [1.54, 1.807) is 24.3 Å². The lowest BCUT2D eigenvalue weighted by molar-refractivity contribution is 0.102. The van der Waals surface area contributed by atoms with Gasteiger partial charge in [-0.3, -0.25) is 4.79 Å². The van der Waals surface area contributed by atoms with E-state index in [1.807, 2.05) is 31.2 Å². The number of anilines is 1. The molecule has 0 atom stereocenters. The molecule has 0 saturated carbocycles. The fourth-order valence-electron chi connectivity index (χ4n) is 2.23. The van der Waals surface area contributed by atoms with Gasteiger partial charge in [-0.1, -0.05) is 0 Å². The molecular weight excluding hydrogens is 335 g/mol. The Kier molecular flexibility index (Phi) is 5.43. The molecule has 0 fully saturated rings. The monoisotopic (exact) mass is 352 g/mol. The van der Waals surface area contributed by atoms with Crippen LogP contribution >= 0.6 is 0 Å². The van der Waals surface area contributed by atoms with Gasteiger partial charge in [0.15, 0.2) is 0 Å². The molecule has 1 heterocycles. The lowest BCUT2D eigenvalue weighted by atomic mass is 10.2. The van der Waals surface area contributed by atoms with Crippen LogP contribution in [0, 0.1) is 5.95 Å². The quantitative estimate of drug-likeness (QED) is 0.655. The molecule has 0 unspecified atom stereocenters. The number of hydrogen-bond acceptors (Lipinski definition) is 4. The van der Waals surface area contributed by atoms with Gasteiger partial charge in [-0.2, -0.15) is 4.39 Å². The van der Waals surface area contributed by atoms with Gasteiger partial charge in [0.05, 0.1) is 12.2 Å². The number of halogens is 1. The van der Waals surface area contributed by atoms with E-state index in [9.17, 15) is 9.18 Å². The minimum Gasteiger partial charge on any atom is -0.494 e. The maximum absolute atomic E-state index is 12.8. The molecule has 0 spiro atoms. The van der Waals surface area contributed by atoms with Crippen LogP contribution in [0.5, 0.6) is 17.2 Å². The van der Waals surface area contributed by atoms with Crippen LogP contribution in [-0.2, 0) is 0 Å². The fraction of sp³-hybridized carbons (Fsp3) is 0.100. The van der Waals surface area contributed by atoms with Gasteiger partial charge < -0.3 is 14.8 Å². The number of ether oxygens (including phenoxy) is 2. The molecule has 26 heavy (non-hydrogen) atoms. The van der Waals surface area contributed by atoms with E-state index in [1.165, 1.54) is 12.3 Å². The van der Waals surface area contributed by atoms with Crippen LogP contribution in [-0.4, -0.2) is 17.5 Å². The van der Waals surface area contributed by atoms with Crippen LogP contribution in [0.4, 0.5) is 10.1 Å². The molecule has 132 valence electrons. The van der Waals surface area contributed by atoms with Crippen LogP contribution in [0.1, 0.15) is 17.3 Å². The van der Waals surface area contributed by atoms with Crippen molar-refractivity contribution in [3.63, 3.8) is 0 Å². The average molecular weight is 352 g/mol. The van der Waals surface area contributed by atoms with E-state index in [-0.39, 0.29) is 11.5 Å². The van der Waals surface area contributed by atoms with E-state index in [0.29, 0.717) is 23.8 Å². The Morgan fingerprint density at radius 2 is 1.58 bits per heavy atom. The number of nitrogens with one attached hydrogen (secondary N) is 1. The Hall–Kier alpha value is -3.41. The molecule has 5 nitrogen and oxygen atoms in total. The smallest absolute Gasteiger partial charge is 0.257 e. The van der Waals surface area contributed by atoms with Gasteiger partial charge in [-0.05, 0) is 67.6 Å². The molecule has 0 radical (unpaired) electrons. The van der Waals surface area contributed by atoms with Crippen LogP contribution in [0.15, 0.2) is 66.9 Å². The summed E-state index contributed by atoms with van der Waals surface area (Å²) in [5, 5.41) is 2.72. The predicted molar refractivity (Wildman–Crippen MR) is 96.3 cm³/mol. The molecule has 1 aromatic heterocycles. The van der Waals surface area contributed by atoms with Gasteiger partial charge in [0, 0.05) is 11.9 Å². The third-order valence-electron chi connectivity index (χ3n) is 3.47. The molecule has 2 aromatic carbocycles. The van der Waals surface area contributed by atoms with Crippen molar-refractivity contribution >= 4 is 11.6 Å². The summed E-state index contributed by atoms with van der Waals surface area (Å²) >= 11 is 0. The van der Waals surface area contributed by atoms with Gasteiger partial charge in [-0.15, -0.1) is 0 Å². The highest BCUT2D eigenvalue weighted by Gasteiger charge is 2.07. The summed E-state index contributed by atoms with van der Waals surface area (Å²) in [6.45, 7) is 2.54. The van der Waals surface area contributed by atoms with Crippen molar-refractivity contribution in [2.75, 3.05) is 11.9 Å². The molecule has 0 aliphatic carbocycles. The fourth-order valence-corrected chi connectivity index (χ4v) is 2.23. The Bertz CT molecular complexity index is 863. The molecule has 1 amide bonds. The number of carbonyl (C=O) groups is 1. The second-order valence-corrected chi connectivity index (χ2v) is 5.35. The zero-order valence-corrected chi connectivity index (χ0v) is 14.1. The first-order valence-electron chi connectivity index (χ1n) is 8.08. The largest absolute Gasteiger partial charge is 0.494 e. The first-order valence-corrected chi connectivity index (χ1v) is 8.08. The highest BCUT2D eigenvalue weighted by molar-refractivity contribution is 6.04. The van der Waals surface area contributed by atoms with E-state index >= 15 is 0 Å².